The molecule has 2 aliphatic rings. The average molecular weight is 339 g/mol. The fourth-order valence-corrected chi connectivity index (χ4v) is 3.50. The van der Waals surface area contributed by atoms with Crippen molar-refractivity contribution < 1.29 is 9.21 Å². The van der Waals surface area contributed by atoms with Gasteiger partial charge < -0.3 is 9.32 Å². The van der Waals surface area contributed by atoms with E-state index in [1.807, 2.05) is 29.3 Å². The molecule has 1 fully saturated rings. The lowest BCUT2D eigenvalue weighted by Gasteiger charge is -2.32. The summed E-state index contributed by atoms with van der Waals surface area (Å²) in [4.78, 5) is 15.0. The maximum Gasteiger partial charge on any atom is 0.318 e. The van der Waals surface area contributed by atoms with Gasteiger partial charge in [0.2, 0.25) is 11.8 Å². The van der Waals surface area contributed by atoms with Crippen molar-refractivity contribution in [3.05, 3.63) is 41.8 Å². The van der Waals surface area contributed by atoms with E-state index < -0.39 is 0 Å². The Hall–Kier alpha value is -2.70. The van der Waals surface area contributed by atoms with Gasteiger partial charge in [0.25, 0.3) is 0 Å². The van der Waals surface area contributed by atoms with Crippen LogP contribution in [-0.4, -0.2) is 40.4 Å². The topological polar surface area (TPSA) is 74.8 Å². The Balaban J connectivity index is 1.41. The summed E-state index contributed by atoms with van der Waals surface area (Å²) in [5.41, 5.74) is 1.13. The second-order valence-electron chi connectivity index (χ2n) is 6.51. The molecule has 0 bridgehead atoms. The highest BCUT2D eigenvalue weighted by atomic mass is 16.4. The van der Waals surface area contributed by atoms with Gasteiger partial charge in [-0.05, 0) is 18.4 Å². The van der Waals surface area contributed by atoms with E-state index >= 15 is 0 Å². The lowest BCUT2D eigenvalue weighted by molar-refractivity contribution is -0.138. The molecule has 1 aromatic carbocycles. The third-order valence-corrected chi connectivity index (χ3v) is 4.87. The molecule has 2 aliphatic heterocycles. The van der Waals surface area contributed by atoms with Gasteiger partial charge in [0, 0.05) is 38.6 Å². The maximum atomic E-state index is 13.0. The number of hydrogen-bond donors (Lipinski definition) is 0. The van der Waals surface area contributed by atoms with Crippen molar-refractivity contribution in [1.82, 2.24) is 15.2 Å². The Morgan fingerprint density at radius 3 is 2.60 bits per heavy atom. The zero-order valence-electron chi connectivity index (χ0n) is 14.2. The molecule has 0 unspecified atom stereocenters. The molecule has 0 saturated carbocycles. The second-order valence-corrected chi connectivity index (χ2v) is 6.51. The molecule has 2 aromatic rings. The van der Waals surface area contributed by atoms with Crippen molar-refractivity contribution >= 4 is 18.1 Å². The minimum absolute atomic E-state index is 0.0123. The van der Waals surface area contributed by atoms with Crippen molar-refractivity contribution in [3.63, 3.8) is 0 Å². The summed E-state index contributed by atoms with van der Waals surface area (Å²) in [7, 11) is 0. The highest BCUT2D eigenvalue weighted by Crippen LogP contribution is 2.32. The Morgan fingerprint density at radius 1 is 1.16 bits per heavy atom. The number of amides is 1. The lowest BCUT2D eigenvalue weighted by atomic mass is 9.94. The van der Waals surface area contributed by atoms with E-state index in [1.54, 1.807) is 11.9 Å². The molecule has 3 heterocycles. The van der Waals surface area contributed by atoms with Crippen molar-refractivity contribution in [2.24, 2.45) is 11.0 Å². The van der Waals surface area contributed by atoms with Crippen LogP contribution >= 0.6 is 0 Å². The molecular weight excluding hydrogens is 318 g/mol. The predicted molar refractivity (Wildman–Crippen MR) is 93.1 cm³/mol. The van der Waals surface area contributed by atoms with Crippen LogP contribution in [0.4, 0.5) is 6.01 Å². The molecule has 4 rings (SSSR count). The summed E-state index contributed by atoms with van der Waals surface area (Å²) in [5, 5.41) is 14.0. The minimum Gasteiger partial charge on any atom is -0.408 e. The lowest BCUT2D eigenvalue weighted by Crippen LogP contribution is -2.41. The van der Waals surface area contributed by atoms with E-state index in [0.29, 0.717) is 11.9 Å². The van der Waals surface area contributed by atoms with Gasteiger partial charge in [-0.3, -0.25) is 4.79 Å². The number of benzene rings is 1. The zero-order valence-corrected chi connectivity index (χ0v) is 14.2. The first kappa shape index (κ1) is 15.8. The van der Waals surface area contributed by atoms with Crippen LogP contribution in [0.2, 0.25) is 0 Å². The molecule has 7 nitrogen and oxygen atoms in total. The molecule has 130 valence electrons. The number of rotatable bonds is 3. The summed E-state index contributed by atoms with van der Waals surface area (Å²) < 4.78 is 5.48. The van der Waals surface area contributed by atoms with Gasteiger partial charge in [0.05, 0.1) is 6.04 Å². The normalized spacial score (nSPS) is 21.1. The van der Waals surface area contributed by atoms with Crippen molar-refractivity contribution in [1.29, 1.82) is 0 Å². The SMILES string of the molecule is Cc1nnc(N2CCC(C(=O)N3N=CC[C@H]3c3ccccc3)CC2)o1. The minimum atomic E-state index is -0.0123. The number of carbonyl (C=O) groups excluding carboxylic acids is 1. The van der Waals surface area contributed by atoms with Crippen molar-refractivity contribution in [3.8, 4) is 0 Å². The molecule has 1 saturated heterocycles. The van der Waals surface area contributed by atoms with Gasteiger partial charge in [-0.15, -0.1) is 5.10 Å². The standard InChI is InChI=1S/C18H21N5O2/c1-13-20-21-18(25-13)22-11-8-15(9-12-22)17(24)23-16(7-10-19-23)14-5-3-2-4-6-14/h2-6,10,15-16H,7-9,11-12H2,1H3/t16-/m0/s1. The quantitative estimate of drug-likeness (QED) is 0.859. The smallest absolute Gasteiger partial charge is 0.318 e. The van der Waals surface area contributed by atoms with Crippen molar-refractivity contribution in [2.45, 2.75) is 32.2 Å². The van der Waals surface area contributed by atoms with Crippen LogP contribution in [-0.2, 0) is 4.79 Å². The molecule has 7 heteroatoms. The molecule has 1 amide bonds. The van der Waals surface area contributed by atoms with Crippen LogP contribution in [0.3, 0.4) is 0 Å². The first-order chi connectivity index (χ1) is 12.2. The maximum absolute atomic E-state index is 13.0. The molecule has 0 spiro atoms. The van der Waals surface area contributed by atoms with Gasteiger partial charge in [0.15, 0.2) is 0 Å². The van der Waals surface area contributed by atoms with Crippen LogP contribution in [0, 0.1) is 12.8 Å². The van der Waals surface area contributed by atoms with E-state index in [2.05, 4.69) is 27.4 Å². The van der Waals surface area contributed by atoms with Crippen molar-refractivity contribution in [2.75, 3.05) is 18.0 Å². The molecule has 1 aromatic heterocycles. The largest absolute Gasteiger partial charge is 0.408 e. The Bertz CT molecular complexity index is 765. The van der Waals surface area contributed by atoms with Gasteiger partial charge in [-0.2, -0.15) is 5.10 Å². The predicted octanol–water partition coefficient (Wildman–Crippen LogP) is 2.55. The third kappa shape index (κ3) is 3.14. The molecule has 0 radical (unpaired) electrons. The summed E-state index contributed by atoms with van der Waals surface area (Å²) in [6.07, 6.45) is 4.16. The summed E-state index contributed by atoms with van der Waals surface area (Å²) in [6.45, 7) is 3.26. The summed E-state index contributed by atoms with van der Waals surface area (Å²) >= 11 is 0. The monoisotopic (exact) mass is 339 g/mol. The fourth-order valence-electron chi connectivity index (χ4n) is 3.50. The fraction of sp³-hybridized carbons (Fsp3) is 0.444. The van der Waals surface area contributed by atoms with E-state index in [4.69, 9.17) is 4.42 Å². The zero-order chi connectivity index (χ0) is 17.2. The van der Waals surface area contributed by atoms with Gasteiger partial charge >= 0.3 is 6.01 Å². The average Bonchev–Trinajstić information content (AvgIpc) is 3.31. The second kappa shape index (κ2) is 6.66. The Morgan fingerprint density at radius 2 is 1.92 bits per heavy atom. The number of nitrogens with zero attached hydrogens (tertiary/aromatic N) is 5. The molecule has 1 atom stereocenters. The van der Waals surface area contributed by atoms with E-state index in [9.17, 15) is 4.79 Å². The van der Waals surface area contributed by atoms with Crippen LogP contribution in [0.5, 0.6) is 0 Å². The number of piperidine rings is 1. The van der Waals surface area contributed by atoms with E-state index in [0.717, 1.165) is 37.9 Å². The van der Waals surface area contributed by atoms with Gasteiger partial charge in [-0.25, -0.2) is 5.01 Å². The number of hydrazone groups is 1. The molecule has 25 heavy (non-hydrogen) atoms. The summed E-state index contributed by atoms with van der Waals surface area (Å²) in [6, 6.07) is 10.7. The highest BCUT2D eigenvalue weighted by Gasteiger charge is 2.35. The van der Waals surface area contributed by atoms with Crippen LogP contribution < -0.4 is 4.90 Å². The number of anilines is 1. The first-order valence-corrected chi connectivity index (χ1v) is 8.68. The van der Waals surface area contributed by atoms with Gasteiger partial charge in [-0.1, -0.05) is 35.4 Å². The molecule has 0 aliphatic carbocycles. The summed E-state index contributed by atoms with van der Waals surface area (Å²) in [5.74, 6) is 0.663. The van der Waals surface area contributed by atoms with Gasteiger partial charge in [0.1, 0.15) is 0 Å². The number of aromatic nitrogens is 2. The Kier molecular flexibility index (Phi) is 4.21. The van der Waals surface area contributed by atoms with Crippen LogP contribution in [0.1, 0.15) is 36.8 Å². The van der Waals surface area contributed by atoms with Crippen LogP contribution in [0.25, 0.3) is 0 Å². The van der Waals surface area contributed by atoms with E-state index in [1.165, 1.54) is 0 Å². The first-order valence-electron chi connectivity index (χ1n) is 8.68. The third-order valence-electron chi connectivity index (χ3n) is 4.87. The van der Waals surface area contributed by atoms with Crippen LogP contribution in [0.15, 0.2) is 39.9 Å². The highest BCUT2D eigenvalue weighted by molar-refractivity contribution is 5.82. The number of aryl methyl sites for hydroxylation is 1. The Labute approximate surface area is 146 Å². The number of carbonyl (C=O) groups is 1. The molecule has 0 N–H and O–H groups in total. The molecular formula is C18H21N5O2. The van der Waals surface area contributed by atoms with E-state index in [-0.39, 0.29) is 17.9 Å². The number of hydrogen-bond acceptors (Lipinski definition) is 6.